The lowest BCUT2D eigenvalue weighted by atomic mass is 10.1. The van der Waals surface area contributed by atoms with E-state index in [1.54, 1.807) is 0 Å². The molecule has 0 aliphatic heterocycles. The second-order valence-corrected chi connectivity index (χ2v) is 6.77. The fraction of sp³-hybridized carbons (Fsp3) is 0.850. The Bertz CT molecular complexity index is 368. The van der Waals surface area contributed by atoms with Gasteiger partial charge in [0.1, 0.15) is 12.4 Å². The molecular weight excluding hydrogens is 268 g/mol. The van der Waals surface area contributed by atoms with Gasteiger partial charge in [-0.1, -0.05) is 71.6 Å². The van der Waals surface area contributed by atoms with E-state index in [2.05, 4.69) is 42.3 Å². The van der Waals surface area contributed by atoms with Crippen LogP contribution < -0.4 is 4.57 Å². The molecule has 128 valence electrons. The Labute approximate surface area is 138 Å². The highest BCUT2D eigenvalue weighted by molar-refractivity contribution is 4.79. The van der Waals surface area contributed by atoms with Crippen LogP contribution >= 0.6 is 0 Å². The van der Waals surface area contributed by atoms with Crippen molar-refractivity contribution in [3.8, 4) is 0 Å². The summed E-state index contributed by atoms with van der Waals surface area (Å²) in [5.41, 5.74) is 0. The molecule has 0 unspecified atom stereocenters. The first-order valence-corrected chi connectivity index (χ1v) is 9.84. The number of hydrogen-bond donors (Lipinski definition) is 0. The Morgan fingerprint density at radius 2 is 1.32 bits per heavy atom. The standard InChI is InChI=1S/C20H39N2/c1-4-6-8-9-10-11-12-13-14-15-17-22-19-18-21(20(22)3)16-7-5-2/h18-19H,4-17H2,1-3H3/q+1. The molecule has 0 spiro atoms. The SMILES string of the molecule is CCCCCCCCCCCCn1cc[n+](CCCC)c1C. The molecular formula is C20H39N2+. The van der Waals surface area contributed by atoms with E-state index < -0.39 is 0 Å². The molecule has 2 nitrogen and oxygen atoms in total. The van der Waals surface area contributed by atoms with Gasteiger partial charge in [-0.2, -0.15) is 0 Å². The van der Waals surface area contributed by atoms with Crippen molar-refractivity contribution in [1.29, 1.82) is 0 Å². The Kier molecular flexibility index (Phi) is 11.1. The van der Waals surface area contributed by atoms with Crippen LogP contribution in [0.3, 0.4) is 0 Å². The summed E-state index contributed by atoms with van der Waals surface area (Å²) in [5.74, 6) is 1.42. The van der Waals surface area contributed by atoms with Crippen molar-refractivity contribution in [3.05, 3.63) is 18.2 Å². The number of imidazole rings is 1. The van der Waals surface area contributed by atoms with Crippen molar-refractivity contribution in [2.75, 3.05) is 0 Å². The van der Waals surface area contributed by atoms with Crippen LogP contribution in [0.4, 0.5) is 0 Å². The topological polar surface area (TPSA) is 8.81 Å². The van der Waals surface area contributed by atoms with E-state index in [0.29, 0.717) is 0 Å². The molecule has 0 saturated carbocycles. The predicted molar refractivity (Wildman–Crippen MR) is 96.1 cm³/mol. The molecule has 0 N–H and O–H groups in total. The van der Waals surface area contributed by atoms with Crippen LogP contribution in [0.1, 0.15) is 96.7 Å². The molecule has 1 heterocycles. The quantitative estimate of drug-likeness (QED) is 0.303. The second-order valence-electron chi connectivity index (χ2n) is 6.77. The van der Waals surface area contributed by atoms with Crippen molar-refractivity contribution in [2.45, 2.75) is 111 Å². The Morgan fingerprint density at radius 1 is 0.773 bits per heavy atom. The summed E-state index contributed by atoms with van der Waals surface area (Å²) in [6.45, 7) is 9.18. The van der Waals surface area contributed by atoms with Gasteiger partial charge in [-0.15, -0.1) is 0 Å². The van der Waals surface area contributed by atoms with E-state index in [0.717, 1.165) is 0 Å². The molecule has 0 radical (unpaired) electrons. The van der Waals surface area contributed by atoms with E-state index in [1.807, 2.05) is 0 Å². The first kappa shape index (κ1) is 19.3. The molecule has 0 atom stereocenters. The lowest BCUT2D eigenvalue weighted by Crippen LogP contribution is -2.35. The molecule has 1 aromatic heterocycles. The highest BCUT2D eigenvalue weighted by Gasteiger charge is 2.10. The van der Waals surface area contributed by atoms with Gasteiger partial charge in [-0.25, -0.2) is 9.13 Å². The maximum atomic E-state index is 2.43. The predicted octanol–water partition coefficient (Wildman–Crippen LogP) is 5.81. The lowest BCUT2D eigenvalue weighted by Gasteiger charge is -2.03. The number of hydrogen-bond acceptors (Lipinski definition) is 0. The molecule has 0 saturated heterocycles. The van der Waals surface area contributed by atoms with E-state index in [9.17, 15) is 0 Å². The third kappa shape index (κ3) is 8.00. The van der Waals surface area contributed by atoms with Crippen LogP contribution in [0, 0.1) is 6.92 Å². The average molecular weight is 308 g/mol. The molecule has 0 aromatic carbocycles. The molecule has 1 aromatic rings. The minimum absolute atomic E-state index is 1.17. The van der Waals surface area contributed by atoms with Crippen LogP contribution in [-0.4, -0.2) is 4.57 Å². The molecule has 0 amide bonds. The summed E-state index contributed by atoms with van der Waals surface area (Å²) >= 11 is 0. The monoisotopic (exact) mass is 307 g/mol. The van der Waals surface area contributed by atoms with Gasteiger partial charge in [-0.05, 0) is 19.3 Å². The average Bonchev–Trinajstić information content (AvgIpc) is 2.87. The molecule has 0 aliphatic rings. The Morgan fingerprint density at radius 3 is 1.91 bits per heavy atom. The van der Waals surface area contributed by atoms with Crippen LogP contribution in [0.2, 0.25) is 0 Å². The Hall–Kier alpha value is -0.790. The zero-order chi connectivity index (χ0) is 16.0. The lowest BCUT2D eigenvalue weighted by molar-refractivity contribution is -0.702. The van der Waals surface area contributed by atoms with Gasteiger partial charge < -0.3 is 0 Å². The van der Waals surface area contributed by atoms with E-state index >= 15 is 0 Å². The number of aryl methyl sites for hydroxylation is 2. The smallest absolute Gasteiger partial charge is 0.234 e. The Balaban J connectivity index is 2.01. The van der Waals surface area contributed by atoms with Gasteiger partial charge in [0.05, 0.1) is 13.1 Å². The highest BCUT2D eigenvalue weighted by Crippen LogP contribution is 2.11. The summed E-state index contributed by atoms with van der Waals surface area (Å²) in [6, 6.07) is 0. The van der Waals surface area contributed by atoms with Gasteiger partial charge in [0.25, 0.3) is 5.82 Å². The van der Waals surface area contributed by atoms with Crippen LogP contribution in [-0.2, 0) is 13.1 Å². The summed E-state index contributed by atoms with van der Waals surface area (Å²) in [4.78, 5) is 0. The van der Waals surface area contributed by atoms with E-state index in [-0.39, 0.29) is 0 Å². The van der Waals surface area contributed by atoms with Crippen LogP contribution in [0.15, 0.2) is 12.4 Å². The van der Waals surface area contributed by atoms with Crippen LogP contribution in [0.5, 0.6) is 0 Å². The first-order valence-electron chi connectivity index (χ1n) is 9.84. The zero-order valence-electron chi connectivity index (χ0n) is 15.4. The minimum Gasteiger partial charge on any atom is -0.234 e. The molecule has 22 heavy (non-hydrogen) atoms. The van der Waals surface area contributed by atoms with Crippen molar-refractivity contribution in [3.63, 3.8) is 0 Å². The summed E-state index contributed by atoms with van der Waals surface area (Å²) in [6.07, 6.45) is 21.2. The third-order valence-corrected chi connectivity index (χ3v) is 4.76. The van der Waals surface area contributed by atoms with Crippen molar-refractivity contribution < 1.29 is 4.57 Å². The summed E-state index contributed by atoms with van der Waals surface area (Å²) < 4.78 is 4.83. The van der Waals surface area contributed by atoms with E-state index in [4.69, 9.17) is 0 Å². The van der Waals surface area contributed by atoms with Crippen molar-refractivity contribution in [2.24, 2.45) is 0 Å². The minimum atomic E-state index is 1.17. The summed E-state index contributed by atoms with van der Waals surface area (Å²) in [5, 5.41) is 0. The maximum Gasteiger partial charge on any atom is 0.253 e. The summed E-state index contributed by atoms with van der Waals surface area (Å²) in [7, 11) is 0. The normalized spacial score (nSPS) is 11.2. The van der Waals surface area contributed by atoms with Gasteiger partial charge in [0, 0.05) is 6.92 Å². The number of unbranched alkanes of at least 4 members (excludes halogenated alkanes) is 10. The number of rotatable bonds is 14. The first-order chi connectivity index (χ1) is 10.8. The molecule has 1 rings (SSSR count). The highest BCUT2D eigenvalue weighted by atomic mass is 15.1. The fourth-order valence-electron chi connectivity index (χ4n) is 3.11. The van der Waals surface area contributed by atoms with Crippen LogP contribution in [0.25, 0.3) is 0 Å². The number of nitrogens with zero attached hydrogens (tertiary/aromatic N) is 2. The van der Waals surface area contributed by atoms with Gasteiger partial charge in [0.15, 0.2) is 0 Å². The number of aromatic nitrogens is 2. The maximum absolute atomic E-state index is 2.43. The molecule has 0 aliphatic carbocycles. The van der Waals surface area contributed by atoms with Gasteiger partial charge >= 0.3 is 0 Å². The second kappa shape index (κ2) is 12.7. The largest absolute Gasteiger partial charge is 0.253 e. The molecule has 2 heteroatoms. The molecule has 0 fully saturated rings. The third-order valence-electron chi connectivity index (χ3n) is 4.76. The van der Waals surface area contributed by atoms with Crippen molar-refractivity contribution >= 4 is 0 Å². The van der Waals surface area contributed by atoms with E-state index in [1.165, 1.54) is 96.0 Å². The zero-order valence-corrected chi connectivity index (χ0v) is 15.4. The van der Waals surface area contributed by atoms with Crippen molar-refractivity contribution in [1.82, 2.24) is 4.57 Å². The molecule has 0 bridgehead atoms. The fourth-order valence-corrected chi connectivity index (χ4v) is 3.11. The van der Waals surface area contributed by atoms with Gasteiger partial charge in [-0.3, -0.25) is 0 Å². The van der Waals surface area contributed by atoms with Gasteiger partial charge in [0.2, 0.25) is 0 Å².